The van der Waals surface area contributed by atoms with E-state index in [1.165, 1.54) is 48.5 Å². The molecule has 31 heavy (non-hydrogen) atoms. The van der Waals surface area contributed by atoms with Gasteiger partial charge in [0.05, 0.1) is 22.3 Å². The number of hydrogen-bond acceptors (Lipinski definition) is 5. The summed E-state index contributed by atoms with van der Waals surface area (Å²) in [6.45, 7) is 0. The predicted molar refractivity (Wildman–Crippen MR) is 107 cm³/mol. The van der Waals surface area contributed by atoms with Gasteiger partial charge in [-0.15, -0.1) is 0 Å². The van der Waals surface area contributed by atoms with E-state index < -0.39 is 27.8 Å². The Balaban J connectivity index is 1.85. The Kier molecular flexibility index (Phi) is 6.46. The summed E-state index contributed by atoms with van der Waals surface area (Å²) in [7, 11) is -4.11. The Labute approximate surface area is 185 Å². The van der Waals surface area contributed by atoms with Crippen LogP contribution in [0.2, 0.25) is 10.0 Å². The molecule has 0 spiro atoms. The zero-order valence-corrected chi connectivity index (χ0v) is 17.6. The summed E-state index contributed by atoms with van der Waals surface area (Å²) in [5.74, 6) is -1.10. The lowest BCUT2D eigenvalue weighted by Gasteiger charge is -2.14. The SMILES string of the molecule is N#CC(c1ccc(OS(=O)(=O)c2ccc(Cl)cc2)cc1)c1ncc(C(F)(F)F)cc1Cl. The van der Waals surface area contributed by atoms with E-state index in [2.05, 4.69) is 4.98 Å². The number of nitriles is 1. The third-order valence-corrected chi connectivity index (χ3v) is 5.94. The first-order valence-corrected chi connectivity index (χ1v) is 10.6. The highest BCUT2D eigenvalue weighted by Gasteiger charge is 2.32. The Hall–Kier alpha value is -2.80. The first kappa shape index (κ1) is 22.9. The Morgan fingerprint density at radius 1 is 1.03 bits per heavy atom. The van der Waals surface area contributed by atoms with Crippen molar-refractivity contribution in [3.63, 3.8) is 0 Å². The number of benzene rings is 2. The van der Waals surface area contributed by atoms with E-state index in [0.29, 0.717) is 22.8 Å². The molecule has 0 saturated heterocycles. The molecule has 1 aromatic heterocycles. The zero-order valence-electron chi connectivity index (χ0n) is 15.3. The largest absolute Gasteiger partial charge is 0.417 e. The fraction of sp³-hybridized carbons (Fsp3) is 0.100. The molecule has 11 heteroatoms. The number of rotatable bonds is 5. The molecule has 3 rings (SSSR count). The van der Waals surface area contributed by atoms with Crippen molar-refractivity contribution in [2.45, 2.75) is 17.0 Å². The molecule has 1 atom stereocenters. The fourth-order valence-electron chi connectivity index (χ4n) is 2.60. The zero-order chi connectivity index (χ0) is 22.8. The van der Waals surface area contributed by atoms with Crippen molar-refractivity contribution in [2.75, 3.05) is 0 Å². The topological polar surface area (TPSA) is 80.0 Å². The molecular weight excluding hydrogens is 476 g/mol. The van der Waals surface area contributed by atoms with Crippen LogP contribution < -0.4 is 4.18 Å². The third-order valence-electron chi connectivity index (χ3n) is 4.12. The van der Waals surface area contributed by atoms with E-state index in [9.17, 15) is 26.9 Å². The van der Waals surface area contributed by atoms with Crippen molar-refractivity contribution in [3.8, 4) is 11.8 Å². The molecule has 0 saturated carbocycles. The number of alkyl halides is 3. The van der Waals surface area contributed by atoms with E-state index in [1.54, 1.807) is 0 Å². The second-order valence-electron chi connectivity index (χ2n) is 6.21. The monoisotopic (exact) mass is 486 g/mol. The van der Waals surface area contributed by atoms with Gasteiger partial charge in [-0.05, 0) is 48.0 Å². The maximum Gasteiger partial charge on any atom is 0.417 e. The quantitative estimate of drug-likeness (QED) is 0.423. The molecule has 3 aromatic rings. The predicted octanol–water partition coefficient (Wildman–Crippen LogP) is 5.83. The second-order valence-corrected chi connectivity index (χ2v) is 8.60. The van der Waals surface area contributed by atoms with Crippen LogP contribution in [0.15, 0.2) is 65.7 Å². The summed E-state index contributed by atoms with van der Waals surface area (Å²) in [6.07, 6.45) is -4.02. The minimum Gasteiger partial charge on any atom is -0.379 e. The van der Waals surface area contributed by atoms with Crippen LogP contribution >= 0.6 is 23.2 Å². The minimum atomic E-state index is -4.62. The maximum atomic E-state index is 12.8. The molecule has 0 aliphatic rings. The van der Waals surface area contributed by atoms with Gasteiger partial charge in [-0.3, -0.25) is 4.98 Å². The number of nitrogens with zero attached hydrogens (tertiary/aromatic N) is 2. The van der Waals surface area contributed by atoms with Gasteiger partial charge in [-0.2, -0.15) is 26.9 Å². The molecule has 5 nitrogen and oxygen atoms in total. The van der Waals surface area contributed by atoms with E-state index in [4.69, 9.17) is 27.4 Å². The lowest BCUT2D eigenvalue weighted by Crippen LogP contribution is -2.10. The van der Waals surface area contributed by atoms with Gasteiger partial charge in [0.2, 0.25) is 0 Å². The van der Waals surface area contributed by atoms with E-state index in [0.717, 1.165) is 0 Å². The van der Waals surface area contributed by atoms with Gasteiger partial charge in [0, 0.05) is 11.2 Å². The van der Waals surface area contributed by atoms with Crippen molar-refractivity contribution in [3.05, 3.63) is 87.7 Å². The molecule has 1 heterocycles. The van der Waals surface area contributed by atoms with Gasteiger partial charge in [0.15, 0.2) is 0 Å². The molecule has 0 N–H and O–H groups in total. The number of halogens is 5. The molecule has 0 aliphatic carbocycles. The first-order valence-electron chi connectivity index (χ1n) is 8.43. The number of aromatic nitrogens is 1. The smallest absolute Gasteiger partial charge is 0.379 e. The van der Waals surface area contributed by atoms with Gasteiger partial charge in [-0.1, -0.05) is 35.3 Å². The molecular formula is C20H11Cl2F3N2O3S. The third kappa shape index (κ3) is 5.28. The first-order chi connectivity index (χ1) is 14.5. The van der Waals surface area contributed by atoms with Crippen LogP contribution in [0.3, 0.4) is 0 Å². The Morgan fingerprint density at radius 3 is 2.16 bits per heavy atom. The average Bonchev–Trinajstić information content (AvgIpc) is 2.70. The fourth-order valence-corrected chi connectivity index (χ4v) is 3.93. The van der Waals surface area contributed by atoms with Gasteiger partial charge < -0.3 is 4.18 Å². The van der Waals surface area contributed by atoms with Crippen molar-refractivity contribution in [1.29, 1.82) is 5.26 Å². The molecule has 0 bridgehead atoms. The molecule has 0 fully saturated rings. The minimum absolute atomic E-state index is 0.0261. The maximum absolute atomic E-state index is 12.8. The Bertz CT molecular complexity index is 1240. The summed E-state index contributed by atoms with van der Waals surface area (Å²) in [4.78, 5) is 3.61. The molecule has 160 valence electrons. The van der Waals surface area contributed by atoms with Crippen LogP contribution in [-0.2, 0) is 16.3 Å². The molecule has 2 aromatic carbocycles. The van der Waals surface area contributed by atoms with Crippen molar-refractivity contribution < 1.29 is 25.8 Å². The van der Waals surface area contributed by atoms with Crippen LogP contribution in [0.4, 0.5) is 13.2 Å². The summed E-state index contributed by atoms with van der Waals surface area (Å²) < 4.78 is 68.1. The normalized spacial score (nSPS) is 12.8. The molecule has 0 radical (unpaired) electrons. The van der Waals surface area contributed by atoms with Crippen molar-refractivity contribution in [2.24, 2.45) is 0 Å². The van der Waals surface area contributed by atoms with Gasteiger partial charge in [0.25, 0.3) is 0 Å². The number of hydrogen-bond donors (Lipinski definition) is 0. The number of pyridine rings is 1. The van der Waals surface area contributed by atoms with E-state index in [-0.39, 0.29) is 21.4 Å². The van der Waals surface area contributed by atoms with Crippen LogP contribution in [0.5, 0.6) is 5.75 Å². The van der Waals surface area contributed by atoms with Gasteiger partial charge in [-0.25, -0.2) is 0 Å². The lowest BCUT2D eigenvalue weighted by molar-refractivity contribution is -0.137. The lowest BCUT2D eigenvalue weighted by atomic mass is 9.96. The highest BCUT2D eigenvalue weighted by molar-refractivity contribution is 7.87. The van der Waals surface area contributed by atoms with Crippen LogP contribution in [0.1, 0.15) is 22.7 Å². The van der Waals surface area contributed by atoms with Crippen LogP contribution in [0, 0.1) is 11.3 Å². The van der Waals surface area contributed by atoms with Gasteiger partial charge in [0.1, 0.15) is 16.6 Å². The summed E-state index contributed by atoms with van der Waals surface area (Å²) >= 11 is 11.7. The highest BCUT2D eigenvalue weighted by atomic mass is 35.5. The second kappa shape index (κ2) is 8.75. The highest BCUT2D eigenvalue weighted by Crippen LogP contribution is 2.35. The molecule has 0 aliphatic heterocycles. The van der Waals surface area contributed by atoms with E-state index >= 15 is 0 Å². The van der Waals surface area contributed by atoms with E-state index in [1.807, 2.05) is 6.07 Å². The Morgan fingerprint density at radius 2 is 1.65 bits per heavy atom. The summed E-state index contributed by atoms with van der Waals surface area (Å²) in [5, 5.41) is 9.55. The summed E-state index contributed by atoms with van der Waals surface area (Å²) in [6, 6.07) is 13.4. The van der Waals surface area contributed by atoms with Crippen molar-refractivity contribution in [1.82, 2.24) is 4.98 Å². The standard InChI is InChI=1S/C20H11Cl2F3N2O3S/c21-14-3-7-16(8-4-14)31(28,29)30-15-5-1-12(2-6-15)17(10-26)19-18(22)9-13(11-27-19)20(23,24)25/h1-9,11,17H. The molecule has 1 unspecified atom stereocenters. The van der Waals surface area contributed by atoms with Gasteiger partial charge >= 0.3 is 16.3 Å². The average molecular weight is 487 g/mol. The van der Waals surface area contributed by atoms with Crippen molar-refractivity contribution >= 4 is 33.3 Å². The van der Waals surface area contributed by atoms with Crippen LogP contribution in [0.25, 0.3) is 0 Å². The molecule has 0 amide bonds. The van der Waals surface area contributed by atoms with Crippen LogP contribution in [-0.4, -0.2) is 13.4 Å². The summed E-state index contributed by atoms with van der Waals surface area (Å²) in [5.41, 5.74) is -0.749.